The van der Waals surface area contributed by atoms with Crippen molar-refractivity contribution in [1.82, 2.24) is 5.43 Å². The molecule has 1 fully saturated rings. The lowest BCUT2D eigenvalue weighted by molar-refractivity contribution is 0.148. The van der Waals surface area contributed by atoms with Crippen LogP contribution >= 0.6 is 0 Å². The first-order valence-corrected chi connectivity index (χ1v) is 6.71. The second-order valence-corrected chi connectivity index (χ2v) is 5.75. The minimum Gasteiger partial charge on any atom is -0.271 e. The number of hydrogen-bond acceptors (Lipinski definition) is 2. The lowest BCUT2D eigenvalue weighted by Crippen LogP contribution is -2.47. The molecule has 2 heteroatoms. The number of rotatable bonds is 7. The van der Waals surface area contributed by atoms with Crippen molar-refractivity contribution in [3.05, 3.63) is 12.7 Å². The first-order chi connectivity index (χ1) is 7.64. The lowest BCUT2D eigenvalue weighted by Gasteiger charge is -2.39. The zero-order valence-electron chi connectivity index (χ0n) is 11.0. The van der Waals surface area contributed by atoms with Crippen molar-refractivity contribution in [3.8, 4) is 0 Å². The summed E-state index contributed by atoms with van der Waals surface area (Å²) in [7, 11) is 0. The molecule has 1 atom stereocenters. The molecular weight excluding hydrogens is 196 g/mol. The number of hydrogen-bond donors (Lipinski definition) is 2. The molecule has 1 saturated carbocycles. The summed E-state index contributed by atoms with van der Waals surface area (Å²) in [4.78, 5) is 0. The zero-order valence-corrected chi connectivity index (χ0v) is 11.0. The molecule has 1 unspecified atom stereocenters. The second kappa shape index (κ2) is 6.41. The van der Waals surface area contributed by atoms with Gasteiger partial charge in [0.1, 0.15) is 0 Å². The molecule has 0 aromatic rings. The van der Waals surface area contributed by atoms with Crippen LogP contribution in [0.5, 0.6) is 0 Å². The van der Waals surface area contributed by atoms with E-state index in [4.69, 9.17) is 5.84 Å². The molecule has 0 aromatic heterocycles. The summed E-state index contributed by atoms with van der Waals surface area (Å²) in [6, 6.07) is 0.468. The van der Waals surface area contributed by atoms with Crippen LogP contribution in [0.1, 0.15) is 58.8 Å². The molecule has 1 aliphatic rings. The summed E-state index contributed by atoms with van der Waals surface area (Å²) in [6.07, 6.45) is 10.9. The molecule has 0 amide bonds. The Morgan fingerprint density at radius 2 is 2.00 bits per heavy atom. The van der Waals surface area contributed by atoms with Crippen LogP contribution in [0.15, 0.2) is 12.7 Å². The van der Waals surface area contributed by atoms with Crippen LogP contribution in [0, 0.1) is 11.3 Å². The SMILES string of the molecule is C=CCCC(NN)C1(CC(C)C)CCCC1. The Bertz CT molecular complexity index is 205. The van der Waals surface area contributed by atoms with E-state index >= 15 is 0 Å². The largest absolute Gasteiger partial charge is 0.271 e. The van der Waals surface area contributed by atoms with Crippen LogP contribution in [0.4, 0.5) is 0 Å². The smallest absolute Gasteiger partial charge is 0.0269 e. The fourth-order valence-electron chi connectivity index (χ4n) is 3.44. The van der Waals surface area contributed by atoms with Crippen LogP contribution in [0.25, 0.3) is 0 Å². The maximum atomic E-state index is 5.77. The van der Waals surface area contributed by atoms with Gasteiger partial charge in [-0.15, -0.1) is 6.58 Å². The van der Waals surface area contributed by atoms with Gasteiger partial charge in [0.15, 0.2) is 0 Å². The number of allylic oxidation sites excluding steroid dienone is 1. The van der Waals surface area contributed by atoms with E-state index in [1.165, 1.54) is 32.1 Å². The van der Waals surface area contributed by atoms with Crippen molar-refractivity contribution in [3.63, 3.8) is 0 Å². The summed E-state index contributed by atoms with van der Waals surface area (Å²) in [5.41, 5.74) is 3.53. The highest BCUT2D eigenvalue weighted by molar-refractivity contribution is 4.95. The zero-order chi connectivity index (χ0) is 12.0. The van der Waals surface area contributed by atoms with E-state index in [0.29, 0.717) is 11.5 Å². The second-order valence-electron chi connectivity index (χ2n) is 5.75. The van der Waals surface area contributed by atoms with Crippen molar-refractivity contribution >= 4 is 0 Å². The minimum atomic E-state index is 0.450. The summed E-state index contributed by atoms with van der Waals surface area (Å²) in [5.74, 6) is 6.53. The van der Waals surface area contributed by atoms with E-state index in [1.54, 1.807) is 0 Å². The molecule has 16 heavy (non-hydrogen) atoms. The Labute approximate surface area is 101 Å². The molecule has 1 rings (SSSR count). The molecule has 1 aliphatic carbocycles. The molecular formula is C14H28N2. The number of hydrazine groups is 1. The topological polar surface area (TPSA) is 38.0 Å². The quantitative estimate of drug-likeness (QED) is 0.395. The van der Waals surface area contributed by atoms with Gasteiger partial charge in [-0.2, -0.15) is 0 Å². The fourth-order valence-corrected chi connectivity index (χ4v) is 3.44. The van der Waals surface area contributed by atoms with E-state index in [9.17, 15) is 0 Å². The molecule has 0 aromatic carbocycles. The van der Waals surface area contributed by atoms with Gasteiger partial charge in [0.2, 0.25) is 0 Å². The van der Waals surface area contributed by atoms with Gasteiger partial charge < -0.3 is 0 Å². The normalized spacial score (nSPS) is 21.2. The predicted molar refractivity (Wildman–Crippen MR) is 70.9 cm³/mol. The van der Waals surface area contributed by atoms with Crippen LogP contribution in [0.3, 0.4) is 0 Å². The Hall–Kier alpha value is -0.340. The third-order valence-electron chi connectivity index (χ3n) is 4.01. The van der Waals surface area contributed by atoms with Gasteiger partial charge in [0.05, 0.1) is 0 Å². The van der Waals surface area contributed by atoms with Crippen LogP contribution < -0.4 is 11.3 Å². The molecule has 0 saturated heterocycles. The Balaban J connectivity index is 2.68. The van der Waals surface area contributed by atoms with Crippen LogP contribution in [0.2, 0.25) is 0 Å². The van der Waals surface area contributed by atoms with E-state index in [-0.39, 0.29) is 0 Å². The van der Waals surface area contributed by atoms with Gasteiger partial charge >= 0.3 is 0 Å². The van der Waals surface area contributed by atoms with Gasteiger partial charge in [-0.25, -0.2) is 0 Å². The summed E-state index contributed by atoms with van der Waals surface area (Å²) in [6.45, 7) is 8.45. The molecule has 3 N–H and O–H groups in total. The third-order valence-corrected chi connectivity index (χ3v) is 4.01. The number of nitrogens with one attached hydrogen (secondary N) is 1. The van der Waals surface area contributed by atoms with Gasteiger partial charge in [-0.1, -0.05) is 32.8 Å². The minimum absolute atomic E-state index is 0.450. The highest BCUT2D eigenvalue weighted by atomic mass is 15.2. The fraction of sp³-hybridized carbons (Fsp3) is 0.857. The van der Waals surface area contributed by atoms with Crippen molar-refractivity contribution in [2.24, 2.45) is 17.2 Å². The van der Waals surface area contributed by atoms with E-state index in [0.717, 1.165) is 18.8 Å². The maximum absolute atomic E-state index is 5.77. The lowest BCUT2D eigenvalue weighted by atomic mass is 9.71. The third kappa shape index (κ3) is 3.33. The summed E-state index contributed by atoms with van der Waals surface area (Å²) < 4.78 is 0. The Kier molecular flexibility index (Phi) is 5.50. The molecule has 0 spiro atoms. The molecule has 2 nitrogen and oxygen atoms in total. The summed E-state index contributed by atoms with van der Waals surface area (Å²) >= 11 is 0. The van der Waals surface area contributed by atoms with Gasteiger partial charge in [-0.05, 0) is 43.4 Å². The van der Waals surface area contributed by atoms with E-state index in [1.807, 2.05) is 6.08 Å². The van der Waals surface area contributed by atoms with Crippen LogP contribution in [-0.4, -0.2) is 6.04 Å². The molecule has 0 heterocycles. The first-order valence-electron chi connectivity index (χ1n) is 6.71. The Morgan fingerprint density at radius 1 is 1.38 bits per heavy atom. The standard InChI is InChI=1S/C14H28N2/c1-4-5-8-13(16-15)14(11-12(2)3)9-6-7-10-14/h4,12-13,16H,1,5-11,15H2,2-3H3. The van der Waals surface area contributed by atoms with Crippen LogP contribution in [-0.2, 0) is 0 Å². The van der Waals surface area contributed by atoms with E-state index < -0.39 is 0 Å². The average Bonchev–Trinajstić information content (AvgIpc) is 2.67. The van der Waals surface area contributed by atoms with Gasteiger partial charge in [0, 0.05) is 6.04 Å². The predicted octanol–water partition coefficient (Wildman–Crippen LogP) is 3.39. The van der Waals surface area contributed by atoms with Gasteiger partial charge in [0.25, 0.3) is 0 Å². The van der Waals surface area contributed by atoms with Crippen molar-refractivity contribution in [1.29, 1.82) is 0 Å². The molecule has 0 aliphatic heterocycles. The summed E-state index contributed by atoms with van der Waals surface area (Å²) in [5, 5.41) is 0. The van der Waals surface area contributed by atoms with Gasteiger partial charge in [-0.3, -0.25) is 11.3 Å². The average molecular weight is 224 g/mol. The monoisotopic (exact) mass is 224 g/mol. The van der Waals surface area contributed by atoms with Crippen molar-refractivity contribution in [2.45, 2.75) is 64.8 Å². The molecule has 0 bridgehead atoms. The highest BCUT2D eigenvalue weighted by Gasteiger charge is 2.40. The molecule has 0 radical (unpaired) electrons. The number of nitrogens with two attached hydrogens (primary N) is 1. The van der Waals surface area contributed by atoms with E-state index in [2.05, 4.69) is 25.9 Å². The first kappa shape index (κ1) is 13.7. The van der Waals surface area contributed by atoms with Crippen molar-refractivity contribution in [2.75, 3.05) is 0 Å². The van der Waals surface area contributed by atoms with Crippen molar-refractivity contribution < 1.29 is 0 Å². The maximum Gasteiger partial charge on any atom is 0.0269 e. The Morgan fingerprint density at radius 3 is 2.44 bits per heavy atom. The molecule has 94 valence electrons. The highest BCUT2D eigenvalue weighted by Crippen LogP contribution is 2.46.